The molecule has 0 aliphatic rings. The third-order valence-corrected chi connectivity index (χ3v) is 3.15. The first-order chi connectivity index (χ1) is 6.19. The van der Waals surface area contributed by atoms with E-state index in [1.54, 1.807) is 13.3 Å². The number of aryl methyl sites for hydroxylation is 1. The van der Waals surface area contributed by atoms with Gasteiger partial charge >= 0.3 is 0 Å². The zero-order valence-corrected chi connectivity index (χ0v) is 9.84. The van der Waals surface area contributed by atoms with E-state index in [0.717, 1.165) is 23.2 Å². The Morgan fingerprint density at radius 3 is 2.92 bits per heavy atom. The van der Waals surface area contributed by atoms with E-state index in [4.69, 9.17) is 4.74 Å². The molecular formula is C9H15BrN2O. The highest BCUT2D eigenvalue weighted by Gasteiger charge is 2.11. The predicted molar refractivity (Wildman–Crippen MR) is 56.4 cm³/mol. The van der Waals surface area contributed by atoms with Crippen molar-refractivity contribution >= 4 is 15.9 Å². The molecule has 1 atom stereocenters. The van der Waals surface area contributed by atoms with E-state index < -0.39 is 0 Å². The summed E-state index contributed by atoms with van der Waals surface area (Å²) in [6, 6.07) is 0. The molecule has 0 aliphatic carbocycles. The van der Waals surface area contributed by atoms with Crippen molar-refractivity contribution in [3.05, 3.63) is 11.9 Å². The van der Waals surface area contributed by atoms with Crippen LogP contribution in [0, 0.1) is 5.92 Å². The molecule has 0 aliphatic heterocycles. The summed E-state index contributed by atoms with van der Waals surface area (Å²) in [5, 5.41) is 5.15. The van der Waals surface area contributed by atoms with Crippen LogP contribution >= 0.6 is 15.9 Å². The fraction of sp³-hybridized carbons (Fsp3) is 0.667. The Bertz CT molecular complexity index is 273. The molecule has 1 aromatic rings. The van der Waals surface area contributed by atoms with Crippen molar-refractivity contribution in [2.24, 2.45) is 13.0 Å². The smallest absolute Gasteiger partial charge is 0.159 e. The van der Waals surface area contributed by atoms with Crippen LogP contribution in [-0.4, -0.2) is 22.2 Å². The Morgan fingerprint density at radius 2 is 2.38 bits per heavy atom. The average molecular weight is 247 g/mol. The van der Waals surface area contributed by atoms with Crippen LogP contribution in [0.2, 0.25) is 0 Å². The summed E-state index contributed by atoms with van der Waals surface area (Å²) in [6.07, 6.45) is 2.75. The number of halogens is 1. The lowest BCUT2D eigenvalue weighted by atomic mass is 10.1. The van der Waals surface area contributed by atoms with Crippen LogP contribution in [0.3, 0.4) is 0 Å². The van der Waals surface area contributed by atoms with Crippen LogP contribution in [-0.2, 0) is 13.5 Å². The molecule has 0 saturated heterocycles. The van der Waals surface area contributed by atoms with E-state index in [0.29, 0.717) is 5.92 Å². The van der Waals surface area contributed by atoms with Gasteiger partial charge in [0.15, 0.2) is 5.75 Å². The Labute approximate surface area is 87.2 Å². The largest absolute Gasteiger partial charge is 0.493 e. The summed E-state index contributed by atoms with van der Waals surface area (Å²) < 4.78 is 7.09. The molecule has 74 valence electrons. The van der Waals surface area contributed by atoms with Gasteiger partial charge in [-0.25, -0.2) is 0 Å². The maximum atomic E-state index is 5.21. The first-order valence-corrected chi connectivity index (χ1v) is 5.42. The molecule has 0 bridgehead atoms. The standard InChI is InChI=1S/C9H15BrN2O/c1-7(5-10)4-8-9(13-3)6-11-12(8)2/h6-7H,4-5H2,1-3H3. The van der Waals surface area contributed by atoms with E-state index in [-0.39, 0.29) is 0 Å². The third-order valence-electron chi connectivity index (χ3n) is 2.05. The van der Waals surface area contributed by atoms with Crippen LogP contribution in [0.5, 0.6) is 5.75 Å². The predicted octanol–water partition coefficient (Wildman–Crippen LogP) is 2.00. The van der Waals surface area contributed by atoms with Gasteiger partial charge in [0.05, 0.1) is 19.0 Å². The molecule has 1 rings (SSSR count). The minimum absolute atomic E-state index is 0.601. The van der Waals surface area contributed by atoms with Crippen molar-refractivity contribution in [1.82, 2.24) is 9.78 Å². The van der Waals surface area contributed by atoms with Crippen LogP contribution in [0.25, 0.3) is 0 Å². The van der Waals surface area contributed by atoms with Gasteiger partial charge in [0.2, 0.25) is 0 Å². The number of hydrogen-bond acceptors (Lipinski definition) is 2. The molecule has 13 heavy (non-hydrogen) atoms. The second-order valence-electron chi connectivity index (χ2n) is 3.25. The van der Waals surface area contributed by atoms with Gasteiger partial charge in [0.1, 0.15) is 0 Å². The molecule has 0 aromatic carbocycles. The zero-order valence-electron chi connectivity index (χ0n) is 8.25. The number of hydrogen-bond donors (Lipinski definition) is 0. The van der Waals surface area contributed by atoms with Gasteiger partial charge in [-0.05, 0) is 12.3 Å². The number of rotatable bonds is 4. The fourth-order valence-electron chi connectivity index (χ4n) is 1.23. The number of aromatic nitrogens is 2. The molecule has 3 nitrogen and oxygen atoms in total. The number of nitrogens with zero attached hydrogens (tertiary/aromatic N) is 2. The van der Waals surface area contributed by atoms with Crippen LogP contribution < -0.4 is 4.74 Å². The van der Waals surface area contributed by atoms with E-state index in [9.17, 15) is 0 Å². The normalized spacial score (nSPS) is 12.9. The highest BCUT2D eigenvalue weighted by Crippen LogP contribution is 2.20. The van der Waals surface area contributed by atoms with Crippen molar-refractivity contribution in [1.29, 1.82) is 0 Å². The van der Waals surface area contributed by atoms with Crippen molar-refractivity contribution in [3.63, 3.8) is 0 Å². The topological polar surface area (TPSA) is 27.1 Å². The Balaban J connectivity index is 2.79. The zero-order chi connectivity index (χ0) is 9.84. The molecule has 0 N–H and O–H groups in total. The van der Waals surface area contributed by atoms with Gasteiger partial charge in [-0.15, -0.1) is 0 Å². The monoisotopic (exact) mass is 246 g/mol. The minimum Gasteiger partial charge on any atom is -0.493 e. The highest BCUT2D eigenvalue weighted by atomic mass is 79.9. The highest BCUT2D eigenvalue weighted by molar-refractivity contribution is 9.09. The lowest BCUT2D eigenvalue weighted by Gasteiger charge is -2.09. The maximum Gasteiger partial charge on any atom is 0.159 e. The Hall–Kier alpha value is -0.510. The van der Waals surface area contributed by atoms with E-state index in [1.165, 1.54) is 0 Å². The second-order valence-corrected chi connectivity index (χ2v) is 3.89. The molecular weight excluding hydrogens is 232 g/mol. The second kappa shape index (κ2) is 4.65. The molecule has 1 unspecified atom stereocenters. The van der Waals surface area contributed by atoms with Crippen LogP contribution in [0.1, 0.15) is 12.6 Å². The van der Waals surface area contributed by atoms with Gasteiger partial charge in [0.25, 0.3) is 0 Å². The third kappa shape index (κ3) is 2.46. The van der Waals surface area contributed by atoms with Crippen LogP contribution in [0.15, 0.2) is 6.20 Å². The van der Waals surface area contributed by atoms with Gasteiger partial charge in [-0.3, -0.25) is 4.68 Å². The summed E-state index contributed by atoms with van der Waals surface area (Å²) in [6.45, 7) is 2.20. The summed E-state index contributed by atoms with van der Waals surface area (Å²) >= 11 is 3.46. The van der Waals surface area contributed by atoms with Gasteiger partial charge in [-0.1, -0.05) is 22.9 Å². The molecule has 1 heterocycles. The quantitative estimate of drug-likeness (QED) is 0.761. The summed E-state index contributed by atoms with van der Waals surface area (Å²) in [7, 11) is 3.62. The number of ether oxygens (including phenoxy) is 1. The number of methoxy groups -OCH3 is 1. The lowest BCUT2D eigenvalue weighted by molar-refractivity contribution is 0.405. The van der Waals surface area contributed by atoms with E-state index in [1.807, 2.05) is 11.7 Å². The van der Waals surface area contributed by atoms with Gasteiger partial charge in [-0.2, -0.15) is 5.10 Å². The maximum absolute atomic E-state index is 5.21. The molecule has 0 saturated carbocycles. The Kier molecular flexibility index (Phi) is 3.78. The van der Waals surface area contributed by atoms with Crippen molar-refractivity contribution in [3.8, 4) is 5.75 Å². The summed E-state index contributed by atoms with van der Waals surface area (Å²) in [5.41, 5.74) is 1.16. The molecule has 0 radical (unpaired) electrons. The van der Waals surface area contributed by atoms with E-state index >= 15 is 0 Å². The van der Waals surface area contributed by atoms with Crippen molar-refractivity contribution in [2.45, 2.75) is 13.3 Å². The average Bonchev–Trinajstić information content (AvgIpc) is 2.48. The Morgan fingerprint density at radius 1 is 1.69 bits per heavy atom. The summed E-state index contributed by atoms with van der Waals surface area (Å²) in [5.74, 6) is 1.49. The van der Waals surface area contributed by atoms with Crippen molar-refractivity contribution < 1.29 is 4.74 Å². The number of alkyl halides is 1. The first kappa shape index (κ1) is 10.6. The fourth-order valence-corrected chi connectivity index (χ4v) is 1.46. The first-order valence-electron chi connectivity index (χ1n) is 4.29. The lowest BCUT2D eigenvalue weighted by Crippen LogP contribution is -2.07. The molecule has 0 fully saturated rings. The molecule has 1 aromatic heterocycles. The summed E-state index contributed by atoms with van der Waals surface area (Å²) in [4.78, 5) is 0. The molecule has 0 amide bonds. The van der Waals surface area contributed by atoms with Crippen LogP contribution in [0.4, 0.5) is 0 Å². The van der Waals surface area contributed by atoms with E-state index in [2.05, 4.69) is 28.0 Å². The molecule has 4 heteroatoms. The minimum atomic E-state index is 0.601. The van der Waals surface area contributed by atoms with Gasteiger partial charge in [0, 0.05) is 12.4 Å². The SMILES string of the molecule is COc1cnn(C)c1CC(C)CBr. The molecule has 0 spiro atoms. The van der Waals surface area contributed by atoms with Gasteiger partial charge < -0.3 is 4.74 Å². The van der Waals surface area contributed by atoms with Crippen molar-refractivity contribution in [2.75, 3.05) is 12.4 Å².